The topological polar surface area (TPSA) is 46.6 Å². The molecule has 1 saturated carbocycles. The van der Waals surface area contributed by atoms with E-state index in [1.165, 1.54) is 0 Å². The van der Waals surface area contributed by atoms with Crippen LogP contribution in [0.3, 0.4) is 0 Å². The number of hydrogen-bond acceptors (Lipinski definition) is 3. The maximum atomic E-state index is 12.6. The molecule has 2 fully saturated rings. The molecule has 0 aromatic heterocycles. The molecule has 1 aromatic carbocycles. The Hall–Kier alpha value is -1.28. The maximum absolute atomic E-state index is 12.6. The van der Waals surface area contributed by atoms with Crippen LogP contribution < -0.4 is 4.74 Å². The molecule has 0 N–H and O–H groups in total. The lowest BCUT2D eigenvalue weighted by Crippen LogP contribution is -2.40. The van der Waals surface area contributed by atoms with E-state index in [1.807, 2.05) is 17.0 Å². The van der Waals surface area contributed by atoms with Crippen molar-refractivity contribution in [2.24, 2.45) is 0 Å². The van der Waals surface area contributed by atoms with E-state index in [0.29, 0.717) is 42.4 Å². The Balaban J connectivity index is 1.68. The molecule has 1 aliphatic carbocycles. The molecule has 20 heavy (non-hydrogen) atoms. The van der Waals surface area contributed by atoms with Gasteiger partial charge in [0.05, 0.1) is 14.3 Å². The molecule has 2 aliphatic rings. The quantitative estimate of drug-likeness (QED) is 0.805. The lowest BCUT2D eigenvalue weighted by atomic mass is 10.2. The third-order valence-corrected chi connectivity index (χ3v) is 8.07. The second kappa shape index (κ2) is 5.25. The third kappa shape index (κ3) is 2.62. The van der Waals surface area contributed by atoms with Crippen LogP contribution in [0.5, 0.6) is 5.75 Å². The smallest absolute Gasteiger partial charge is 0.254 e. The van der Waals surface area contributed by atoms with Crippen LogP contribution in [0.4, 0.5) is 0 Å². The second-order valence-corrected chi connectivity index (χ2v) is 9.18. The molecule has 1 amide bonds. The van der Waals surface area contributed by atoms with Gasteiger partial charge in [-0.05, 0) is 31.0 Å². The van der Waals surface area contributed by atoms with Crippen LogP contribution in [0.1, 0.15) is 23.2 Å². The summed E-state index contributed by atoms with van der Waals surface area (Å²) >= 11 is 0. The number of nitrogens with zero attached hydrogens (tertiary/aromatic N) is 1. The summed E-state index contributed by atoms with van der Waals surface area (Å²) in [6, 6.07) is 7.22. The largest absolute Gasteiger partial charge is 0.497 e. The molecule has 0 atom stereocenters. The van der Waals surface area contributed by atoms with Crippen molar-refractivity contribution in [1.29, 1.82) is 0 Å². The highest BCUT2D eigenvalue weighted by molar-refractivity contribution is 7.65. The molecule has 1 aromatic rings. The summed E-state index contributed by atoms with van der Waals surface area (Å²) in [5.74, 6) is 0.711. The van der Waals surface area contributed by atoms with Gasteiger partial charge in [0.15, 0.2) is 0 Å². The fourth-order valence-corrected chi connectivity index (χ4v) is 6.06. The van der Waals surface area contributed by atoms with Crippen LogP contribution in [0, 0.1) is 0 Å². The highest BCUT2D eigenvalue weighted by atomic mass is 31.2. The van der Waals surface area contributed by atoms with E-state index in [2.05, 4.69) is 0 Å². The van der Waals surface area contributed by atoms with Gasteiger partial charge in [0.2, 0.25) is 0 Å². The summed E-state index contributed by atoms with van der Waals surface area (Å²) in [7, 11) is -0.383. The van der Waals surface area contributed by atoms with E-state index in [1.54, 1.807) is 19.2 Å². The Morgan fingerprint density at radius 2 is 2.00 bits per heavy atom. The molecule has 0 spiro atoms. The van der Waals surface area contributed by atoms with Gasteiger partial charge < -0.3 is 14.2 Å². The molecule has 0 bridgehead atoms. The summed E-state index contributed by atoms with van der Waals surface area (Å²) in [4.78, 5) is 14.3. The molecule has 108 valence electrons. The molecular weight excluding hydrogens is 273 g/mol. The van der Waals surface area contributed by atoms with E-state index in [9.17, 15) is 9.36 Å². The monoisotopic (exact) mass is 293 g/mol. The molecule has 1 saturated heterocycles. The number of carbonyl (C=O) groups is 1. The minimum Gasteiger partial charge on any atom is -0.497 e. The molecule has 3 rings (SSSR count). The van der Waals surface area contributed by atoms with Gasteiger partial charge >= 0.3 is 0 Å². The summed E-state index contributed by atoms with van der Waals surface area (Å²) in [6.07, 6.45) is 3.66. The first-order chi connectivity index (χ1) is 9.62. The van der Waals surface area contributed by atoms with Crippen molar-refractivity contribution in [1.82, 2.24) is 4.90 Å². The van der Waals surface area contributed by atoms with Gasteiger partial charge in [0, 0.05) is 36.6 Å². The molecule has 1 aliphatic heterocycles. The van der Waals surface area contributed by atoms with Crippen LogP contribution in [-0.4, -0.2) is 49.0 Å². The number of methoxy groups -OCH3 is 1. The summed E-state index contributed by atoms with van der Waals surface area (Å²) in [5, 5.41) is 0. The van der Waals surface area contributed by atoms with Crippen molar-refractivity contribution in [2.45, 2.75) is 18.5 Å². The van der Waals surface area contributed by atoms with Gasteiger partial charge in [-0.2, -0.15) is 0 Å². The van der Waals surface area contributed by atoms with Crippen molar-refractivity contribution in [3.63, 3.8) is 0 Å². The van der Waals surface area contributed by atoms with E-state index in [4.69, 9.17) is 4.74 Å². The van der Waals surface area contributed by atoms with Crippen LogP contribution >= 0.6 is 7.14 Å². The Morgan fingerprint density at radius 1 is 1.30 bits per heavy atom. The average Bonchev–Trinajstić information content (AvgIpc) is 3.32. The predicted molar refractivity (Wildman–Crippen MR) is 79.3 cm³/mol. The highest BCUT2D eigenvalue weighted by Crippen LogP contribution is 2.61. The van der Waals surface area contributed by atoms with Crippen LogP contribution in [0.25, 0.3) is 0 Å². The van der Waals surface area contributed by atoms with Gasteiger partial charge in [0.25, 0.3) is 5.91 Å². The first-order valence-corrected chi connectivity index (χ1v) is 9.28. The molecule has 4 nitrogen and oxygen atoms in total. The number of amides is 1. The molecule has 5 heteroatoms. The van der Waals surface area contributed by atoms with Crippen molar-refractivity contribution in [3.8, 4) is 5.75 Å². The zero-order valence-electron chi connectivity index (χ0n) is 11.7. The Kier molecular flexibility index (Phi) is 3.59. The van der Waals surface area contributed by atoms with Crippen molar-refractivity contribution < 1.29 is 14.1 Å². The average molecular weight is 293 g/mol. The zero-order valence-corrected chi connectivity index (χ0v) is 12.6. The van der Waals surface area contributed by atoms with Crippen LogP contribution in [-0.2, 0) is 4.57 Å². The minimum absolute atomic E-state index is 0.0194. The Morgan fingerprint density at radius 3 is 2.60 bits per heavy atom. The summed E-state index contributed by atoms with van der Waals surface area (Å²) in [5.41, 5.74) is 1.11. The van der Waals surface area contributed by atoms with E-state index < -0.39 is 7.14 Å². The van der Waals surface area contributed by atoms with Crippen molar-refractivity contribution in [2.75, 3.05) is 32.5 Å². The SMILES string of the molecule is COc1cccc(C(=O)N2CCP(=O)(C3CC3)CC2)c1. The van der Waals surface area contributed by atoms with Crippen molar-refractivity contribution in [3.05, 3.63) is 29.8 Å². The molecular formula is C15H20NO3P. The molecule has 1 heterocycles. The number of hydrogen-bond donors (Lipinski definition) is 0. The minimum atomic E-state index is -1.98. The number of benzene rings is 1. The lowest BCUT2D eigenvalue weighted by molar-refractivity contribution is 0.0769. The van der Waals surface area contributed by atoms with E-state index in [0.717, 1.165) is 12.8 Å². The van der Waals surface area contributed by atoms with Gasteiger partial charge in [-0.1, -0.05) is 6.07 Å². The lowest BCUT2D eigenvalue weighted by Gasteiger charge is -2.32. The van der Waals surface area contributed by atoms with Crippen molar-refractivity contribution >= 4 is 13.0 Å². The summed E-state index contributed by atoms with van der Waals surface area (Å²) in [6.45, 7) is 1.26. The van der Waals surface area contributed by atoms with E-state index in [-0.39, 0.29) is 5.91 Å². The van der Waals surface area contributed by atoms with E-state index >= 15 is 0 Å². The number of carbonyl (C=O) groups excluding carboxylic acids is 1. The first kappa shape index (κ1) is 13.7. The van der Waals surface area contributed by atoms with Gasteiger partial charge in [0.1, 0.15) is 5.75 Å². The Labute approximate surface area is 119 Å². The van der Waals surface area contributed by atoms with Crippen LogP contribution in [0.2, 0.25) is 0 Å². The third-order valence-electron chi connectivity index (χ3n) is 4.31. The molecule has 0 unspecified atom stereocenters. The zero-order chi connectivity index (χ0) is 14.2. The van der Waals surface area contributed by atoms with Gasteiger partial charge in [-0.15, -0.1) is 0 Å². The standard InChI is InChI=1S/C15H20NO3P/c1-19-13-4-2-3-12(11-13)15(17)16-7-9-20(18,10-8-16)14-5-6-14/h2-4,11,14H,5-10H2,1H3. The normalized spacial score (nSPS) is 21.6. The van der Waals surface area contributed by atoms with Gasteiger partial charge in [-0.25, -0.2) is 0 Å². The van der Waals surface area contributed by atoms with Gasteiger partial charge in [-0.3, -0.25) is 4.79 Å². The fraction of sp³-hybridized carbons (Fsp3) is 0.533. The Bertz CT molecular complexity index is 556. The first-order valence-electron chi connectivity index (χ1n) is 7.13. The maximum Gasteiger partial charge on any atom is 0.254 e. The number of rotatable bonds is 3. The number of ether oxygens (including phenoxy) is 1. The molecule has 0 radical (unpaired) electrons. The summed E-state index contributed by atoms with van der Waals surface area (Å²) < 4.78 is 17.8. The van der Waals surface area contributed by atoms with Crippen LogP contribution in [0.15, 0.2) is 24.3 Å². The second-order valence-electron chi connectivity index (χ2n) is 5.65. The highest BCUT2D eigenvalue weighted by Gasteiger charge is 2.43. The fourth-order valence-electron chi connectivity index (χ4n) is 2.86. The predicted octanol–water partition coefficient (Wildman–Crippen LogP) is 2.68.